The molecule has 10 nitrogen and oxygen atoms in total. The van der Waals surface area contributed by atoms with Gasteiger partial charge in [-0.3, -0.25) is 4.40 Å². The Labute approximate surface area is 212 Å². The van der Waals surface area contributed by atoms with E-state index in [2.05, 4.69) is 24.8 Å². The fraction of sp³-hybridized carbons (Fsp3) is 0.360. The van der Waals surface area contributed by atoms with Crippen molar-refractivity contribution in [2.24, 2.45) is 0 Å². The molecule has 0 N–H and O–H groups in total. The molecule has 4 aromatic rings. The average Bonchev–Trinajstić information content (AvgIpc) is 3.31. The maximum absolute atomic E-state index is 13.2. The maximum Gasteiger partial charge on any atom is 0.410 e. The molecular weight excluding hydrogens is 482 g/mol. The summed E-state index contributed by atoms with van der Waals surface area (Å²) in [5, 5.41) is 0. The molecule has 1 saturated heterocycles. The number of nitrogens with zero attached hydrogens (tertiary/aromatic N) is 8. The Morgan fingerprint density at radius 2 is 1.73 bits per heavy atom. The van der Waals surface area contributed by atoms with Crippen molar-refractivity contribution in [3.63, 3.8) is 0 Å². The summed E-state index contributed by atoms with van der Waals surface area (Å²) in [6.07, 6.45) is 2.65. The van der Waals surface area contributed by atoms with Crippen LogP contribution in [0.3, 0.4) is 0 Å². The van der Waals surface area contributed by atoms with E-state index in [-0.39, 0.29) is 11.8 Å². The molecule has 1 amide bonds. The molecule has 1 fully saturated rings. The van der Waals surface area contributed by atoms with E-state index in [0.29, 0.717) is 54.7 Å². The molecule has 0 radical (unpaired) electrons. The quantitative estimate of drug-likeness (QED) is 0.403. The number of carbonyl (C=O) groups excluding carboxylic acids is 1. The molecule has 0 aromatic carbocycles. The third-order valence-corrected chi connectivity index (χ3v) is 5.78. The van der Waals surface area contributed by atoms with Crippen molar-refractivity contribution >= 4 is 17.6 Å². The summed E-state index contributed by atoms with van der Waals surface area (Å²) in [4.78, 5) is 37.9. The number of anilines is 1. The molecule has 4 aromatic heterocycles. The molecule has 0 saturated carbocycles. The zero-order valence-electron chi connectivity index (χ0n) is 20.7. The van der Waals surface area contributed by atoms with Crippen LogP contribution >= 0.6 is 0 Å². The highest BCUT2D eigenvalue weighted by atomic mass is 19.3. The molecule has 0 bridgehead atoms. The molecule has 192 valence electrons. The number of aromatic nitrogens is 6. The van der Waals surface area contributed by atoms with Crippen LogP contribution in [0.1, 0.15) is 32.9 Å². The molecule has 0 atom stereocenters. The van der Waals surface area contributed by atoms with E-state index in [1.54, 1.807) is 17.2 Å². The standard InChI is InChI=1S/C25H26F2N8O2/c1-25(2,3)37-24(36)34-11-9-33(10-12-34)20-6-4-5-16(31-20)17-7-8-28-23(32-17)19-13-30-21-14-29-18(22(26)27)15-35(19)21/h4-8,13-15,22H,9-12H2,1-3H3. The van der Waals surface area contributed by atoms with Crippen molar-refractivity contribution in [1.82, 2.24) is 34.2 Å². The Kier molecular flexibility index (Phi) is 6.40. The van der Waals surface area contributed by atoms with Crippen molar-refractivity contribution in [3.8, 4) is 22.9 Å². The third kappa shape index (κ3) is 5.32. The second-order valence-electron chi connectivity index (χ2n) is 9.59. The van der Waals surface area contributed by atoms with Crippen molar-refractivity contribution in [2.45, 2.75) is 32.8 Å². The number of alkyl halides is 2. The molecule has 1 aliphatic heterocycles. The summed E-state index contributed by atoms with van der Waals surface area (Å²) in [7, 11) is 0. The number of piperazine rings is 1. The number of rotatable bonds is 4. The minimum absolute atomic E-state index is 0.314. The molecule has 5 rings (SSSR count). The van der Waals surface area contributed by atoms with Crippen molar-refractivity contribution in [1.29, 1.82) is 0 Å². The zero-order chi connectivity index (χ0) is 26.2. The van der Waals surface area contributed by atoms with Gasteiger partial charge in [0.1, 0.15) is 22.8 Å². The van der Waals surface area contributed by atoms with E-state index < -0.39 is 12.0 Å². The van der Waals surface area contributed by atoms with E-state index in [0.717, 1.165) is 5.82 Å². The predicted molar refractivity (Wildman–Crippen MR) is 132 cm³/mol. The van der Waals surface area contributed by atoms with Crippen LogP contribution in [0.15, 0.2) is 49.1 Å². The lowest BCUT2D eigenvalue weighted by molar-refractivity contribution is 0.0240. The SMILES string of the molecule is CC(C)(C)OC(=O)N1CCN(c2cccc(-c3ccnc(-c4cnc5cnc(C(F)F)cn45)n3)n2)CC1. The molecule has 0 unspecified atom stereocenters. The highest BCUT2D eigenvalue weighted by Gasteiger charge is 2.26. The lowest BCUT2D eigenvalue weighted by Gasteiger charge is -2.36. The Bertz CT molecular complexity index is 1430. The second kappa shape index (κ2) is 9.68. The van der Waals surface area contributed by atoms with Crippen molar-refractivity contribution < 1.29 is 18.3 Å². The summed E-state index contributed by atoms with van der Waals surface area (Å²) in [6, 6.07) is 7.40. The van der Waals surface area contributed by atoms with Crippen LogP contribution in [-0.2, 0) is 4.74 Å². The Hall–Kier alpha value is -4.22. The van der Waals surface area contributed by atoms with E-state index in [1.165, 1.54) is 23.0 Å². The topological polar surface area (TPSA) is 102 Å². The van der Waals surface area contributed by atoms with Gasteiger partial charge >= 0.3 is 6.09 Å². The Balaban J connectivity index is 1.35. The molecule has 5 heterocycles. The highest BCUT2D eigenvalue weighted by Crippen LogP contribution is 2.25. The van der Waals surface area contributed by atoms with Crippen LogP contribution in [0.2, 0.25) is 0 Å². The summed E-state index contributed by atoms with van der Waals surface area (Å²) >= 11 is 0. The van der Waals surface area contributed by atoms with E-state index in [4.69, 9.17) is 9.72 Å². The fourth-order valence-electron chi connectivity index (χ4n) is 3.99. The summed E-state index contributed by atoms with van der Waals surface area (Å²) in [5.41, 5.74) is 1.21. The summed E-state index contributed by atoms with van der Waals surface area (Å²) in [5.74, 6) is 1.10. The number of fused-ring (bicyclic) bond motifs is 1. The molecule has 0 spiro atoms. The van der Waals surface area contributed by atoms with Crippen LogP contribution in [0, 0.1) is 0 Å². The number of ether oxygens (including phenoxy) is 1. The number of pyridine rings is 1. The first-order chi connectivity index (χ1) is 17.7. The van der Waals surface area contributed by atoms with Crippen LogP contribution in [0.25, 0.3) is 28.6 Å². The molecule has 1 aliphatic rings. The Morgan fingerprint density at radius 3 is 2.46 bits per heavy atom. The molecule has 37 heavy (non-hydrogen) atoms. The minimum Gasteiger partial charge on any atom is -0.444 e. The van der Waals surface area contributed by atoms with Gasteiger partial charge in [-0.15, -0.1) is 0 Å². The van der Waals surface area contributed by atoms with Gasteiger partial charge in [0.15, 0.2) is 11.5 Å². The average molecular weight is 509 g/mol. The summed E-state index contributed by atoms with van der Waals surface area (Å²) in [6.45, 7) is 7.85. The predicted octanol–water partition coefficient (Wildman–Crippen LogP) is 4.24. The van der Waals surface area contributed by atoms with E-state index >= 15 is 0 Å². The third-order valence-electron chi connectivity index (χ3n) is 5.78. The zero-order valence-corrected chi connectivity index (χ0v) is 20.7. The van der Waals surface area contributed by atoms with Crippen LogP contribution in [0.4, 0.5) is 19.4 Å². The minimum atomic E-state index is -2.70. The lowest BCUT2D eigenvalue weighted by atomic mass is 10.2. The second-order valence-corrected chi connectivity index (χ2v) is 9.59. The normalized spacial score (nSPS) is 14.4. The first-order valence-corrected chi connectivity index (χ1v) is 11.8. The molecule has 0 aliphatic carbocycles. The van der Waals surface area contributed by atoms with Gasteiger partial charge in [0.2, 0.25) is 0 Å². The van der Waals surface area contributed by atoms with Crippen molar-refractivity contribution in [3.05, 3.63) is 54.7 Å². The number of carbonyl (C=O) groups is 1. The van der Waals surface area contributed by atoms with Crippen molar-refractivity contribution in [2.75, 3.05) is 31.1 Å². The van der Waals surface area contributed by atoms with Gasteiger partial charge in [-0.2, -0.15) is 0 Å². The first-order valence-electron chi connectivity index (χ1n) is 11.8. The van der Waals surface area contributed by atoms with E-state index in [9.17, 15) is 13.6 Å². The summed E-state index contributed by atoms with van der Waals surface area (Å²) < 4.78 is 33.3. The lowest BCUT2D eigenvalue weighted by Crippen LogP contribution is -2.50. The highest BCUT2D eigenvalue weighted by molar-refractivity contribution is 5.69. The van der Waals surface area contributed by atoms with E-state index in [1.807, 2.05) is 39.0 Å². The Morgan fingerprint density at radius 1 is 0.973 bits per heavy atom. The first kappa shape index (κ1) is 24.5. The van der Waals surface area contributed by atoms with Gasteiger partial charge in [-0.25, -0.2) is 38.5 Å². The molecular formula is C25H26F2N8O2. The van der Waals surface area contributed by atoms with Gasteiger partial charge in [-0.1, -0.05) is 6.07 Å². The largest absolute Gasteiger partial charge is 0.444 e. The number of hydrogen-bond acceptors (Lipinski definition) is 8. The van der Waals surface area contributed by atoms with Crippen LogP contribution in [-0.4, -0.2) is 72.1 Å². The van der Waals surface area contributed by atoms with Gasteiger partial charge in [-0.05, 0) is 39.0 Å². The number of halogens is 2. The monoisotopic (exact) mass is 508 g/mol. The van der Waals surface area contributed by atoms with Gasteiger partial charge in [0.25, 0.3) is 6.43 Å². The maximum atomic E-state index is 13.2. The van der Waals surface area contributed by atoms with Gasteiger partial charge < -0.3 is 14.5 Å². The number of hydrogen-bond donors (Lipinski definition) is 0. The number of imidazole rings is 1. The van der Waals surface area contributed by atoms with Crippen LogP contribution < -0.4 is 4.90 Å². The van der Waals surface area contributed by atoms with Crippen LogP contribution in [0.5, 0.6) is 0 Å². The fourth-order valence-corrected chi connectivity index (χ4v) is 3.99. The smallest absolute Gasteiger partial charge is 0.410 e. The molecule has 12 heteroatoms. The van der Waals surface area contributed by atoms with Gasteiger partial charge in [0, 0.05) is 38.6 Å². The van der Waals surface area contributed by atoms with Gasteiger partial charge in [0.05, 0.1) is 23.8 Å². The number of amides is 1.